The Balaban J connectivity index is 1.56. The third-order valence-electron chi connectivity index (χ3n) is 3.10. The van der Waals surface area contributed by atoms with E-state index < -0.39 is 0 Å². The molecule has 1 atom stereocenters. The van der Waals surface area contributed by atoms with Crippen LogP contribution in [0.25, 0.3) is 0 Å². The molecule has 1 aromatic carbocycles. The molecule has 100 valence electrons. The smallest absolute Gasteiger partial charge is 0.231 e. The Bertz CT molecular complexity index is 542. The van der Waals surface area contributed by atoms with Crippen molar-refractivity contribution in [1.82, 2.24) is 15.5 Å². The van der Waals surface area contributed by atoms with Crippen molar-refractivity contribution in [2.24, 2.45) is 0 Å². The largest absolute Gasteiger partial charge is 0.454 e. The van der Waals surface area contributed by atoms with Crippen molar-refractivity contribution >= 4 is 0 Å². The Labute approximate surface area is 110 Å². The molecule has 1 aliphatic heterocycles. The van der Waals surface area contributed by atoms with Crippen molar-refractivity contribution in [2.75, 3.05) is 13.3 Å². The summed E-state index contributed by atoms with van der Waals surface area (Å²) in [6.45, 7) is 3.20. The Morgan fingerprint density at radius 2 is 2.21 bits per heavy atom. The molecular formula is C13H15N3O3. The molecule has 3 rings (SSSR count). The van der Waals surface area contributed by atoms with E-state index in [0.717, 1.165) is 30.0 Å². The molecule has 19 heavy (non-hydrogen) atoms. The van der Waals surface area contributed by atoms with E-state index in [1.54, 1.807) is 0 Å². The molecule has 6 heteroatoms. The number of nitrogens with one attached hydrogen (secondary N) is 1. The summed E-state index contributed by atoms with van der Waals surface area (Å²) >= 11 is 0. The van der Waals surface area contributed by atoms with Gasteiger partial charge in [-0.3, -0.25) is 0 Å². The van der Waals surface area contributed by atoms with Crippen LogP contribution >= 0.6 is 0 Å². The highest BCUT2D eigenvalue weighted by Crippen LogP contribution is 2.34. The second-order valence-electron chi connectivity index (χ2n) is 4.39. The molecular weight excluding hydrogens is 246 g/mol. The van der Waals surface area contributed by atoms with Crippen LogP contribution in [0.5, 0.6) is 11.5 Å². The summed E-state index contributed by atoms with van der Waals surface area (Å²) in [5, 5.41) is 7.18. The first-order chi connectivity index (χ1) is 9.33. The number of aromatic nitrogens is 2. The van der Waals surface area contributed by atoms with E-state index in [9.17, 15) is 0 Å². The summed E-state index contributed by atoms with van der Waals surface area (Å²) in [4.78, 5) is 3.98. The highest BCUT2D eigenvalue weighted by atomic mass is 16.7. The van der Waals surface area contributed by atoms with Gasteiger partial charge in [-0.25, -0.2) is 0 Å². The quantitative estimate of drug-likeness (QED) is 0.883. The lowest BCUT2D eigenvalue weighted by molar-refractivity contribution is 0.174. The molecule has 0 amide bonds. The van der Waals surface area contributed by atoms with Gasteiger partial charge >= 0.3 is 0 Å². The zero-order valence-electron chi connectivity index (χ0n) is 10.6. The summed E-state index contributed by atoms with van der Waals surface area (Å²) in [6.07, 6.45) is 2.09. The predicted octanol–water partition coefficient (Wildman–Crippen LogP) is 1.69. The maximum absolute atomic E-state index is 5.37. The molecule has 0 aliphatic carbocycles. The number of fused-ring (bicyclic) bond motifs is 1. The minimum atomic E-state index is 0.224. The average Bonchev–Trinajstić information content (AvgIpc) is 3.08. The van der Waals surface area contributed by atoms with Crippen LogP contribution < -0.4 is 14.8 Å². The van der Waals surface area contributed by atoms with Crippen LogP contribution in [0.15, 0.2) is 29.1 Å². The summed E-state index contributed by atoms with van der Waals surface area (Å²) in [5.41, 5.74) is 1.16. The fourth-order valence-corrected chi connectivity index (χ4v) is 2.00. The molecule has 2 aromatic rings. The zero-order valence-corrected chi connectivity index (χ0v) is 10.6. The van der Waals surface area contributed by atoms with Gasteiger partial charge in [0, 0.05) is 19.0 Å². The molecule has 1 N–H and O–H groups in total. The van der Waals surface area contributed by atoms with Crippen LogP contribution in [-0.2, 0) is 6.42 Å². The van der Waals surface area contributed by atoms with Gasteiger partial charge in [-0.05, 0) is 24.6 Å². The second-order valence-corrected chi connectivity index (χ2v) is 4.39. The maximum atomic E-state index is 5.37. The van der Waals surface area contributed by atoms with Crippen LogP contribution in [0.3, 0.4) is 0 Å². The Kier molecular flexibility index (Phi) is 3.33. The van der Waals surface area contributed by atoms with Gasteiger partial charge < -0.3 is 19.3 Å². The first-order valence-corrected chi connectivity index (χ1v) is 6.21. The van der Waals surface area contributed by atoms with Gasteiger partial charge in [-0.2, -0.15) is 4.98 Å². The lowest BCUT2D eigenvalue weighted by Crippen LogP contribution is -2.21. The average molecular weight is 261 g/mol. The molecule has 2 heterocycles. The van der Waals surface area contributed by atoms with Crippen LogP contribution in [-0.4, -0.2) is 23.5 Å². The van der Waals surface area contributed by atoms with Crippen LogP contribution in [0, 0.1) is 0 Å². The number of hydrogen-bond acceptors (Lipinski definition) is 6. The van der Waals surface area contributed by atoms with Crippen molar-refractivity contribution in [3.8, 4) is 11.5 Å². The summed E-state index contributed by atoms with van der Waals surface area (Å²) in [6, 6.07) is 6.21. The first-order valence-electron chi connectivity index (χ1n) is 6.21. The van der Waals surface area contributed by atoms with Crippen LogP contribution in [0.4, 0.5) is 0 Å². The molecule has 6 nitrogen and oxygen atoms in total. The third kappa shape index (κ3) is 2.68. The number of ether oxygens (including phenoxy) is 2. The molecule has 0 saturated heterocycles. The minimum Gasteiger partial charge on any atom is -0.454 e. The number of rotatable bonds is 5. The van der Waals surface area contributed by atoms with Crippen molar-refractivity contribution in [2.45, 2.75) is 19.4 Å². The predicted molar refractivity (Wildman–Crippen MR) is 67.0 cm³/mol. The molecule has 0 spiro atoms. The minimum absolute atomic E-state index is 0.224. The standard InChI is InChI=1S/C13H15N3O3/c1-9(14-5-4-13-15-7-19-16-13)10-2-3-11-12(6-10)18-8-17-11/h2-3,6-7,9,14H,4-5,8H2,1H3. The molecule has 1 aromatic heterocycles. The summed E-state index contributed by atoms with van der Waals surface area (Å²) in [7, 11) is 0. The molecule has 0 bridgehead atoms. The van der Waals surface area contributed by atoms with Gasteiger partial charge in [-0.15, -0.1) is 0 Å². The van der Waals surface area contributed by atoms with Gasteiger partial charge in [-0.1, -0.05) is 11.2 Å². The second kappa shape index (κ2) is 5.27. The molecule has 0 radical (unpaired) electrons. The SMILES string of the molecule is CC(NCCc1ncon1)c1ccc2c(c1)OCO2. The van der Waals surface area contributed by atoms with Crippen LogP contribution in [0.1, 0.15) is 24.4 Å². The third-order valence-corrected chi connectivity index (χ3v) is 3.10. The van der Waals surface area contributed by atoms with Gasteiger partial charge in [0.1, 0.15) is 0 Å². The Morgan fingerprint density at radius 1 is 1.32 bits per heavy atom. The number of nitrogens with zero attached hydrogens (tertiary/aromatic N) is 2. The van der Waals surface area contributed by atoms with Gasteiger partial charge in [0.05, 0.1) is 0 Å². The maximum Gasteiger partial charge on any atom is 0.231 e. The molecule has 1 aliphatic rings. The van der Waals surface area contributed by atoms with E-state index in [-0.39, 0.29) is 6.04 Å². The lowest BCUT2D eigenvalue weighted by atomic mass is 10.1. The first kappa shape index (κ1) is 12.0. The van der Waals surface area contributed by atoms with Crippen molar-refractivity contribution in [3.63, 3.8) is 0 Å². The highest BCUT2D eigenvalue weighted by molar-refractivity contribution is 5.45. The van der Waals surface area contributed by atoms with E-state index in [0.29, 0.717) is 12.6 Å². The van der Waals surface area contributed by atoms with E-state index >= 15 is 0 Å². The molecule has 0 fully saturated rings. The monoisotopic (exact) mass is 261 g/mol. The Morgan fingerprint density at radius 3 is 3.05 bits per heavy atom. The summed E-state index contributed by atoms with van der Waals surface area (Å²) in [5.74, 6) is 2.33. The Hall–Kier alpha value is -2.08. The lowest BCUT2D eigenvalue weighted by Gasteiger charge is -2.14. The van der Waals surface area contributed by atoms with Crippen LogP contribution in [0.2, 0.25) is 0 Å². The fraction of sp³-hybridized carbons (Fsp3) is 0.385. The molecule has 1 unspecified atom stereocenters. The summed E-state index contributed by atoms with van der Waals surface area (Å²) < 4.78 is 15.4. The number of hydrogen-bond donors (Lipinski definition) is 1. The zero-order chi connectivity index (χ0) is 13.1. The van der Waals surface area contributed by atoms with Gasteiger partial charge in [0.15, 0.2) is 17.3 Å². The van der Waals surface area contributed by atoms with Crippen molar-refractivity contribution < 1.29 is 14.0 Å². The molecule has 0 saturated carbocycles. The van der Waals surface area contributed by atoms with E-state index in [1.807, 2.05) is 18.2 Å². The number of benzene rings is 1. The van der Waals surface area contributed by atoms with Crippen molar-refractivity contribution in [3.05, 3.63) is 36.0 Å². The van der Waals surface area contributed by atoms with Gasteiger partial charge in [0.25, 0.3) is 0 Å². The van der Waals surface area contributed by atoms with E-state index in [2.05, 4.69) is 26.9 Å². The van der Waals surface area contributed by atoms with Crippen molar-refractivity contribution in [1.29, 1.82) is 0 Å². The normalized spacial score (nSPS) is 14.6. The highest BCUT2D eigenvalue weighted by Gasteiger charge is 2.15. The van der Waals surface area contributed by atoms with Gasteiger partial charge in [0.2, 0.25) is 13.2 Å². The fourth-order valence-electron chi connectivity index (χ4n) is 2.00. The van der Waals surface area contributed by atoms with E-state index in [1.165, 1.54) is 6.39 Å². The van der Waals surface area contributed by atoms with E-state index in [4.69, 9.17) is 9.47 Å². The topological polar surface area (TPSA) is 69.4 Å².